The molecule has 0 atom stereocenters. The van der Waals surface area contributed by atoms with Crippen molar-refractivity contribution in [2.45, 2.75) is 0 Å². The Morgan fingerprint density at radius 3 is 2.38 bits per heavy atom. The number of amides is 1. The van der Waals surface area contributed by atoms with Crippen molar-refractivity contribution in [3.63, 3.8) is 0 Å². The molecule has 0 saturated carbocycles. The van der Waals surface area contributed by atoms with E-state index < -0.39 is 23.2 Å². The highest BCUT2D eigenvalue weighted by Gasteiger charge is 2.13. The van der Waals surface area contributed by atoms with E-state index in [4.69, 9.17) is 22.6 Å². The maximum Gasteiger partial charge on any atom is 0.255 e. The third-order valence-electron chi connectivity index (χ3n) is 2.69. The largest absolute Gasteiger partial charge is 0.394 e. The van der Waals surface area contributed by atoms with E-state index >= 15 is 0 Å². The van der Waals surface area contributed by atoms with Gasteiger partial charge in [0.2, 0.25) is 0 Å². The Bertz CT molecular complexity index is 748. The van der Waals surface area contributed by atoms with Gasteiger partial charge in [-0.15, -0.1) is 0 Å². The zero-order chi connectivity index (χ0) is 15.6. The van der Waals surface area contributed by atoms with Gasteiger partial charge in [-0.05, 0) is 30.3 Å². The highest BCUT2D eigenvalue weighted by atomic mass is 35.5. The second kappa shape index (κ2) is 5.77. The molecule has 0 radical (unpaired) electrons. The monoisotopic (exact) mass is 307 g/mol. The molecule has 21 heavy (non-hydrogen) atoms. The van der Waals surface area contributed by atoms with Crippen LogP contribution in [0.1, 0.15) is 15.9 Å². The van der Waals surface area contributed by atoms with Gasteiger partial charge in [0.1, 0.15) is 23.4 Å². The van der Waals surface area contributed by atoms with E-state index in [9.17, 15) is 13.6 Å². The molecule has 0 aromatic heterocycles. The fourth-order valence-electron chi connectivity index (χ4n) is 1.60. The molecule has 0 bridgehead atoms. The number of nitrogens with two attached hydrogens (primary N) is 1. The van der Waals surface area contributed by atoms with Crippen molar-refractivity contribution in [2.75, 3.05) is 11.1 Å². The molecule has 106 valence electrons. The Hall–Kier alpha value is -2.65. The number of carbonyl (C=O) groups is 1. The summed E-state index contributed by atoms with van der Waals surface area (Å²) < 4.78 is 26.6. The molecule has 0 aliphatic carbocycles. The number of hydrogen-bond acceptors (Lipinski definition) is 3. The average Bonchev–Trinajstić information content (AvgIpc) is 2.44. The summed E-state index contributed by atoms with van der Waals surface area (Å²) >= 11 is 5.82. The van der Waals surface area contributed by atoms with Crippen LogP contribution in [0.3, 0.4) is 0 Å². The fraction of sp³-hybridized carbons (Fsp3) is 0. The number of rotatable bonds is 2. The third kappa shape index (κ3) is 3.09. The molecule has 0 saturated heterocycles. The van der Waals surface area contributed by atoms with Gasteiger partial charge in [0.05, 0.1) is 10.6 Å². The minimum absolute atomic E-state index is 0.157. The second-order valence-electron chi connectivity index (χ2n) is 4.11. The first kappa shape index (κ1) is 14.8. The number of nitrogen functional groups attached to an aromatic ring is 1. The van der Waals surface area contributed by atoms with Gasteiger partial charge < -0.3 is 11.1 Å². The van der Waals surface area contributed by atoms with Crippen molar-refractivity contribution >= 4 is 28.9 Å². The molecule has 2 aromatic carbocycles. The number of nitriles is 1. The van der Waals surface area contributed by atoms with Crippen LogP contribution in [0.4, 0.5) is 20.2 Å². The van der Waals surface area contributed by atoms with Gasteiger partial charge in [-0.3, -0.25) is 4.79 Å². The lowest BCUT2D eigenvalue weighted by Crippen LogP contribution is -2.13. The Balaban J connectivity index is 2.26. The van der Waals surface area contributed by atoms with Crippen LogP contribution in [0, 0.1) is 23.0 Å². The van der Waals surface area contributed by atoms with Crippen molar-refractivity contribution in [2.24, 2.45) is 0 Å². The first-order chi connectivity index (χ1) is 9.92. The van der Waals surface area contributed by atoms with Gasteiger partial charge in [-0.1, -0.05) is 11.6 Å². The molecule has 0 heterocycles. The first-order valence-electron chi connectivity index (χ1n) is 5.68. The summed E-state index contributed by atoms with van der Waals surface area (Å²) in [6, 6.07) is 7.77. The number of nitrogens with one attached hydrogen (secondary N) is 1. The Morgan fingerprint density at radius 1 is 1.24 bits per heavy atom. The Kier molecular flexibility index (Phi) is 4.05. The molecule has 0 aliphatic heterocycles. The minimum Gasteiger partial charge on any atom is -0.394 e. The lowest BCUT2D eigenvalue weighted by Gasteiger charge is -2.07. The van der Waals surface area contributed by atoms with Crippen LogP contribution in [0.5, 0.6) is 0 Å². The van der Waals surface area contributed by atoms with E-state index in [0.29, 0.717) is 5.69 Å². The van der Waals surface area contributed by atoms with Crippen LogP contribution < -0.4 is 11.1 Å². The van der Waals surface area contributed by atoms with Crippen molar-refractivity contribution in [1.29, 1.82) is 5.26 Å². The molecule has 0 spiro atoms. The average molecular weight is 308 g/mol. The number of hydrogen-bond donors (Lipinski definition) is 2. The normalized spacial score (nSPS) is 10.0. The molecular formula is C14H8ClF2N3O. The SMILES string of the molecule is N#Cc1ccc(NC(=O)c2cc(F)c(N)c(F)c2)cc1Cl. The summed E-state index contributed by atoms with van der Waals surface area (Å²) in [7, 11) is 0. The number of benzene rings is 2. The lowest BCUT2D eigenvalue weighted by molar-refractivity contribution is 0.102. The van der Waals surface area contributed by atoms with Crippen LogP contribution in [0.25, 0.3) is 0 Å². The molecule has 1 amide bonds. The van der Waals surface area contributed by atoms with Crippen LogP contribution in [-0.2, 0) is 0 Å². The topological polar surface area (TPSA) is 78.9 Å². The molecule has 0 aliphatic rings. The molecule has 4 nitrogen and oxygen atoms in total. The highest BCUT2D eigenvalue weighted by Crippen LogP contribution is 2.22. The van der Waals surface area contributed by atoms with Crippen LogP contribution in [0.2, 0.25) is 5.02 Å². The molecule has 0 fully saturated rings. The first-order valence-corrected chi connectivity index (χ1v) is 6.05. The van der Waals surface area contributed by atoms with E-state index in [-0.39, 0.29) is 16.1 Å². The van der Waals surface area contributed by atoms with E-state index in [2.05, 4.69) is 5.32 Å². The van der Waals surface area contributed by atoms with E-state index in [1.165, 1.54) is 18.2 Å². The van der Waals surface area contributed by atoms with Gasteiger partial charge in [-0.25, -0.2) is 8.78 Å². The summed E-state index contributed by atoms with van der Waals surface area (Å²) in [5.41, 5.74) is 4.80. The predicted molar refractivity (Wildman–Crippen MR) is 74.9 cm³/mol. The predicted octanol–water partition coefficient (Wildman–Crippen LogP) is 3.32. The van der Waals surface area contributed by atoms with Crippen molar-refractivity contribution in [1.82, 2.24) is 0 Å². The molecule has 7 heteroatoms. The van der Waals surface area contributed by atoms with Gasteiger partial charge >= 0.3 is 0 Å². The molecule has 2 rings (SSSR count). The number of carbonyl (C=O) groups excluding carboxylic acids is 1. The Labute approximate surface area is 123 Å². The maximum atomic E-state index is 13.3. The summed E-state index contributed by atoms with van der Waals surface area (Å²) in [4.78, 5) is 11.9. The quantitative estimate of drug-likeness (QED) is 0.835. The van der Waals surface area contributed by atoms with Gasteiger partial charge in [-0.2, -0.15) is 5.26 Å². The number of nitrogens with zero attached hydrogens (tertiary/aromatic N) is 1. The second-order valence-corrected chi connectivity index (χ2v) is 4.52. The fourth-order valence-corrected chi connectivity index (χ4v) is 1.82. The zero-order valence-electron chi connectivity index (χ0n) is 10.5. The zero-order valence-corrected chi connectivity index (χ0v) is 11.2. The standard InChI is InChI=1S/C14H8ClF2N3O/c15-10-5-9(2-1-7(10)6-18)20-14(21)8-3-11(16)13(19)12(17)4-8/h1-5H,19H2,(H,20,21). The summed E-state index contributed by atoms with van der Waals surface area (Å²) in [5.74, 6) is -2.76. The van der Waals surface area contributed by atoms with Gasteiger partial charge in [0.15, 0.2) is 0 Å². The lowest BCUT2D eigenvalue weighted by atomic mass is 10.1. The molecule has 2 aromatic rings. The third-order valence-corrected chi connectivity index (χ3v) is 3.00. The summed E-state index contributed by atoms with van der Waals surface area (Å²) in [6.07, 6.45) is 0. The maximum absolute atomic E-state index is 13.3. The van der Waals surface area contributed by atoms with Crippen molar-refractivity contribution < 1.29 is 13.6 Å². The van der Waals surface area contributed by atoms with E-state index in [0.717, 1.165) is 12.1 Å². The number of anilines is 2. The van der Waals surface area contributed by atoms with Crippen molar-refractivity contribution in [3.05, 3.63) is 58.1 Å². The van der Waals surface area contributed by atoms with Crippen LogP contribution in [0.15, 0.2) is 30.3 Å². The van der Waals surface area contributed by atoms with Crippen LogP contribution >= 0.6 is 11.6 Å². The van der Waals surface area contributed by atoms with E-state index in [1.807, 2.05) is 6.07 Å². The molecule has 3 N–H and O–H groups in total. The highest BCUT2D eigenvalue weighted by molar-refractivity contribution is 6.32. The van der Waals surface area contributed by atoms with E-state index in [1.54, 1.807) is 0 Å². The van der Waals surface area contributed by atoms with Gasteiger partial charge in [0, 0.05) is 11.3 Å². The van der Waals surface area contributed by atoms with Crippen molar-refractivity contribution in [3.8, 4) is 6.07 Å². The number of halogens is 3. The van der Waals surface area contributed by atoms with Gasteiger partial charge in [0.25, 0.3) is 5.91 Å². The summed E-state index contributed by atoms with van der Waals surface area (Å²) in [6.45, 7) is 0. The molecule has 0 unspecified atom stereocenters. The summed E-state index contributed by atoms with van der Waals surface area (Å²) in [5, 5.41) is 11.3. The molecular weight excluding hydrogens is 300 g/mol. The van der Waals surface area contributed by atoms with Crippen LogP contribution in [-0.4, -0.2) is 5.91 Å². The smallest absolute Gasteiger partial charge is 0.255 e. The minimum atomic E-state index is -1.02. The Morgan fingerprint density at radius 2 is 1.86 bits per heavy atom.